The van der Waals surface area contributed by atoms with E-state index in [1.165, 1.54) is 27.7 Å². The monoisotopic (exact) mass is 408 g/mol. The molecule has 0 saturated carbocycles. The third kappa shape index (κ3) is 11.3. The lowest BCUT2D eigenvalue weighted by Gasteiger charge is -2.21. The maximum Gasteiger partial charge on any atom is 0.305 e. The molecule has 9 heteroatoms. The topological polar surface area (TPSA) is 145 Å². The van der Waals surface area contributed by atoms with Crippen LogP contribution in [0.4, 0.5) is 0 Å². The van der Waals surface area contributed by atoms with Crippen molar-refractivity contribution in [3.63, 3.8) is 0 Å². The maximum atomic E-state index is 11.9. The van der Waals surface area contributed by atoms with E-state index >= 15 is 0 Å². The molecule has 0 aliphatic heterocycles. The van der Waals surface area contributed by atoms with Crippen LogP contribution in [0.2, 0.25) is 0 Å². The number of azo groups is 1. The number of ketones is 1. The zero-order valence-corrected chi connectivity index (χ0v) is 18.2. The molecule has 0 rings (SSSR count). The number of rotatable bonds is 13. The number of hydrogen-bond acceptors (Lipinski definition) is 9. The average molecular weight is 408 g/mol. The van der Waals surface area contributed by atoms with Gasteiger partial charge in [0.05, 0.1) is 24.8 Å². The number of aliphatic hydroxyl groups is 1. The van der Waals surface area contributed by atoms with Gasteiger partial charge in [-0.3, -0.25) is 9.59 Å². The molecule has 0 heterocycles. The smallest absolute Gasteiger partial charge is 0.305 e. The highest BCUT2D eigenvalue weighted by Crippen LogP contribution is 2.24. The van der Waals surface area contributed by atoms with Crippen molar-refractivity contribution in [3.8, 4) is 12.1 Å². The molecule has 2 unspecified atom stereocenters. The van der Waals surface area contributed by atoms with Gasteiger partial charge in [-0.25, -0.2) is 0 Å². The fourth-order valence-corrected chi connectivity index (χ4v) is 2.00. The van der Waals surface area contributed by atoms with Gasteiger partial charge < -0.3 is 14.6 Å². The number of carbonyl (C=O) groups excluding carboxylic acids is 2. The van der Waals surface area contributed by atoms with Crippen molar-refractivity contribution in [3.05, 3.63) is 0 Å². The van der Waals surface area contributed by atoms with Crippen LogP contribution in [0.3, 0.4) is 0 Å². The van der Waals surface area contributed by atoms with E-state index in [0.717, 1.165) is 0 Å². The van der Waals surface area contributed by atoms with Gasteiger partial charge in [0.25, 0.3) is 0 Å². The summed E-state index contributed by atoms with van der Waals surface area (Å²) < 4.78 is 10.3. The molecule has 0 aromatic rings. The van der Waals surface area contributed by atoms with Gasteiger partial charge in [-0.1, -0.05) is 0 Å². The third-order valence-electron chi connectivity index (χ3n) is 4.11. The Kier molecular flexibility index (Phi) is 10.7. The summed E-state index contributed by atoms with van der Waals surface area (Å²) in [5.74, 6) is -0.894. The molecule has 0 aliphatic carbocycles. The van der Waals surface area contributed by atoms with Crippen LogP contribution in [0.25, 0.3) is 0 Å². The molecule has 162 valence electrons. The Morgan fingerprint density at radius 2 is 1.45 bits per heavy atom. The largest absolute Gasteiger partial charge is 0.463 e. The van der Waals surface area contributed by atoms with E-state index < -0.39 is 28.4 Å². The van der Waals surface area contributed by atoms with Crippen molar-refractivity contribution in [1.82, 2.24) is 0 Å². The summed E-state index contributed by atoms with van der Waals surface area (Å²) in [7, 11) is 0. The van der Waals surface area contributed by atoms with Gasteiger partial charge in [-0.15, -0.1) is 0 Å². The zero-order valence-electron chi connectivity index (χ0n) is 18.2. The lowest BCUT2D eigenvalue weighted by Crippen LogP contribution is -2.33. The number of hydrogen-bond donors (Lipinski definition) is 1. The first-order valence-electron chi connectivity index (χ1n) is 9.56. The molecule has 0 spiro atoms. The first-order valence-corrected chi connectivity index (χ1v) is 9.56. The normalized spacial score (nSPS) is 15.9. The minimum atomic E-state index is -1.49. The minimum absolute atomic E-state index is 0.0365. The van der Waals surface area contributed by atoms with Crippen molar-refractivity contribution in [2.24, 2.45) is 10.2 Å². The van der Waals surface area contributed by atoms with E-state index in [1.54, 1.807) is 0 Å². The van der Waals surface area contributed by atoms with Crippen molar-refractivity contribution < 1.29 is 24.2 Å². The van der Waals surface area contributed by atoms with Gasteiger partial charge in [0.1, 0.15) is 12.2 Å². The van der Waals surface area contributed by atoms with Crippen LogP contribution in [0.15, 0.2) is 10.2 Å². The highest BCUT2D eigenvalue weighted by Gasteiger charge is 2.32. The number of esters is 1. The molecule has 0 aromatic heterocycles. The first kappa shape index (κ1) is 26.6. The Morgan fingerprint density at radius 3 is 1.86 bits per heavy atom. The molecular weight excluding hydrogens is 376 g/mol. The molecule has 0 saturated heterocycles. The fourth-order valence-electron chi connectivity index (χ4n) is 2.00. The number of nitrogens with zero attached hydrogens (tertiary/aromatic N) is 4. The molecule has 0 bridgehead atoms. The predicted octanol–water partition coefficient (Wildman–Crippen LogP) is 2.87. The summed E-state index contributed by atoms with van der Waals surface area (Å²) in [6, 6.07) is 3.97. The molecule has 0 aliphatic rings. The van der Waals surface area contributed by atoms with Crippen LogP contribution in [-0.2, 0) is 19.1 Å². The van der Waals surface area contributed by atoms with Crippen molar-refractivity contribution >= 4 is 11.8 Å². The van der Waals surface area contributed by atoms with Gasteiger partial charge in [0.15, 0.2) is 16.9 Å². The molecule has 9 nitrogen and oxygen atoms in total. The highest BCUT2D eigenvalue weighted by atomic mass is 16.6. The van der Waals surface area contributed by atoms with E-state index in [2.05, 4.69) is 10.2 Å². The Balaban J connectivity index is 4.79. The van der Waals surface area contributed by atoms with Crippen molar-refractivity contribution in [2.75, 3.05) is 13.2 Å². The van der Waals surface area contributed by atoms with E-state index in [-0.39, 0.29) is 38.4 Å². The van der Waals surface area contributed by atoms with Crippen LogP contribution >= 0.6 is 0 Å². The zero-order chi connectivity index (χ0) is 22.7. The molecule has 0 aromatic carbocycles. The number of carbonyl (C=O) groups is 2. The molecule has 2 atom stereocenters. The fraction of sp³-hybridized carbons (Fsp3) is 0.800. The van der Waals surface area contributed by atoms with Crippen molar-refractivity contribution in [2.45, 2.75) is 90.0 Å². The molecule has 0 amide bonds. The molecular formula is C20H32N4O5. The summed E-state index contributed by atoms with van der Waals surface area (Å²) in [4.78, 5) is 23.7. The Bertz CT molecular complexity index is 672. The summed E-state index contributed by atoms with van der Waals surface area (Å²) in [5, 5.41) is 36.5. The molecule has 1 N–H and O–H groups in total. The van der Waals surface area contributed by atoms with E-state index in [1.807, 2.05) is 26.0 Å². The van der Waals surface area contributed by atoms with Gasteiger partial charge in [-0.2, -0.15) is 20.8 Å². The minimum Gasteiger partial charge on any atom is -0.463 e. The summed E-state index contributed by atoms with van der Waals surface area (Å²) >= 11 is 0. The summed E-state index contributed by atoms with van der Waals surface area (Å²) in [5.41, 5.74) is -4.13. The SMILES string of the molecule is CC(C)OCCOC(=O)CCC(C)(C#N)/N=N/C(C)(C#N)CCC(=O)C(C)(C)O. The second-order valence-corrected chi connectivity index (χ2v) is 8.09. The Labute approximate surface area is 172 Å². The van der Waals surface area contributed by atoms with Crippen LogP contribution in [0.5, 0.6) is 0 Å². The molecule has 0 radical (unpaired) electrons. The number of ether oxygens (including phenoxy) is 2. The van der Waals surface area contributed by atoms with E-state index in [0.29, 0.717) is 6.61 Å². The molecule has 0 fully saturated rings. The standard InChI is InChI=1S/C20H32N4O5/c1-15(2)28-11-12-29-17(26)8-10-20(6,14-22)24-23-19(5,13-21)9-7-16(25)18(3,4)27/h15,27H,7-12H2,1-6H3/b24-23+. The van der Waals surface area contributed by atoms with Crippen LogP contribution in [0.1, 0.15) is 67.2 Å². The van der Waals surface area contributed by atoms with Crippen LogP contribution < -0.4 is 0 Å². The van der Waals surface area contributed by atoms with Crippen LogP contribution in [-0.4, -0.2) is 52.9 Å². The first-order chi connectivity index (χ1) is 13.3. The Morgan fingerprint density at radius 1 is 0.966 bits per heavy atom. The predicted molar refractivity (Wildman–Crippen MR) is 105 cm³/mol. The van der Waals surface area contributed by atoms with Crippen molar-refractivity contribution in [1.29, 1.82) is 10.5 Å². The quantitative estimate of drug-likeness (QED) is 0.280. The van der Waals surface area contributed by atoms with Gasteiger partial charge in [0, 0.05) is 12.8 Å². The van der Waals surface area contributed by atoms with Gasteiger partial charge in [-0.05, 0) is 54.4 Å². The number of nitriles is 2. The Hall–Kier alpha value is -2.36. The van der Waals surface area contributed by atoms with E-state index in [4.69, 9.17) is 9.47 Å². The van der Waals surface area contributed by atoms with E-state index in [9.17, 15) is 25.2 Å². The average Bonchev–Trinajstić information content (AvgIpc) is 2.65. The van der Waals surface area contributed by atoms with Gasteiger partial charge >= 0.3 is 5.97 Å². The summed E-state index contributed by atoms with van der Waals surface area (Å²) in [6.07, 6.45) is 0.0753. The second kappa shape index (κ2) is 11.6. The summed E-state index contributed by atoms with van der Waals surface area (Å²) in [6.45, 7) is 9.93. The van der Waals surface area contributed by atoms with Crippen LogP contribution in [0, 0.1) is 22.7 Å². The lowest BCUT2D eigenvalue weighted by molar-refractivity contribution is -0.146. The number of Topliss-reactive ketones (excluding diaryl/α,β-unsaturated/α-hetero) is 1. The lowest BCUT2D eigenvalue weighted by atomic mass is 9.92. The second-order valence-electron chi connectivity index (χ2n) is 8.09. The highest BCUT2D eigenvalue weighted by molar-refractivity contribution is 5.86. The third-order valence-corrected chi connectivity index (χ3v) is 4.11. The molecule has 29 heavy (non-hydrogen) atoms. The maximum absolute atomic E-state index is 11.9. The van der Waals surface area contributed by atoms with Gasteiger partial charge in [0.2, 0.25) is 0 Å².